The fourth-order valence-corrected chi connectivity index (χ4v) is 2.42. The smallest absolute Gasteiger partial charge is 0.201 e. The van der Waals surface area contributed by atoms with Crippen LogP contribution in [0.5, 0.6) is 0 Å². The predicted molar refractivity (Wildman–Crippen MR) is 74.8 cm³/mol. The Morgan fingerprint density at radius 1 is 1.39 bits per heavy atom. The molecule has 0 N–H and O–H groups in total. The molecule has 0 saturated heterocycles. The van der Waals surface area contributed by atoms with Gasteiger partial charge in [-0.1, -0.05) is 24.9 Å². The number of carbonyl (C=O) groups excluding carboxylic acids is 1. The lowest BCUT2D eigenvalue weighted by Gasteiger charge is -2.11. The summed E-state index contributed by atoms with van der Waals surface area (Å²) in [6.45, 7) is 5.59. The molecule has 102 valence electrons. The van der Waals surface area contributed by atoms with E-state index in [-0.39, 0.29) is 5.78 Å². The number of thiophene rings is 1. The lowest BCUT2D eigenvalue weighted by molar-refractivity contribution is 0.0146. The van der Waals surface area contributed by atoms with Crippen LogP contribution < -0.4 is 0 Å². The zero-order valence-electron chi connectivity index (χ0n) is 10.8. The van der Waals surface area contributed by atoms with Gasteiger partial charge in [-0.15, -0.1) is 11.3 Å². The second kappa shape index (κ2) is 8.64. The first-order valence-corrected chi connectivity index (χ1v) is 7.33. The van der Waals surface area contributed by atoms with Crippen molar-refractivity contribution in [2.24, 2.45) is 0 Å². The Bertz CT molecular complexity index is 365. The first-order chi connectivity index (χ1) is 8.65. The summed E-state index contributed by atoms with van der Waals surface area (Å²) in [6, 6.07) is 3.45. The molecule has 1 rings (SSSR count). The molecule has 1 unspecified atom stereocenters. The predicted octanol–water partition coefficient (Wildman–Crippen LogP) is 3.81. The summed E-state index contributed by atoms with van der Waals surface area (Å²) in [6.07, 6.45) is 1.73. The van der Waals surface area contributed by atoms with Gasteiger partial charge in [-0.3, -0.25) is 4.79 Å². The van der Waals surface area contributed by atoms with Crippen LogP contribution in [0.25, 0.3) is 0 Å². The molecule has 0 aromatic carbocycles. The van der Waals surface area contributed by atoms with Gasteiger partial charge in [0.05, 0.1) is 22.4 Å². The molecule has 0 aliphatic heterocycles. The minimum absolute atomic E-state index is 0.0274. The summed E-state index contributed by atoms with van der Waals surface area (Å²) < 4.78 is 11.4. The van der Waals surface area contributed by atoms with E-state index in [1.165, 1.54) is 11.3 Å². The summed E-state index contributed by atoms with van der Waals surface area (Å²) in [4.78, 5) is 12.5. The molecule has 18 heavy (non-hydrogen) atoms. The fraction of sp³-hybridized carbons (Fsp3) is 0.615. The van der Waals surface area contributed by atoms with Crippen LogP contribution in [0.2, 0.25) is 4.34 Å². The van der Waals surface area contributed by atoms with Crippen molar-refractivity contribution in [2.75, 3.05) is 19.8 Å². The van der Waals surface area contributed by atoms with Crippen LogP contribution in [0, 0.1) is 0 Å². The van der Waals surface area contributed by atoms with Gasteiger partial charge < -0.3 is 9.47 Å². The van der Waals surface area contributed by atoms with Gasteiger partial charge in [0.2, 0.25) is 5.78 Å². The van der Waals surface area contributed by atoms with Gasteiger partial charge in [-0.05, 0) is 25.5 Å². The average Bonchev–Trinajstić information content (AvgIpc) is 2.79. The van der Waals surface area contributed by atoms with E-state index in [1.54, 1.807) is 19.1 Å². The van der Waals surface area contributed by atoms with E-state index in [9.17, 15) is 4.79 Å². The van der Waals surface area contributed by atoms with Crippen molar-refractivity contribution in [1.29, 1.82) is 0 Å². The first kappa shape index (κ1) is 15.6. The maximum absolute atomic E-state index is 11.9. The van der Waals surface area contributed by atoms with Gasteiger partial charge in [0.15, 0.2) is 0 Å². The van der Waals surface area contributed by atoms with Crippen LogP contribution in [0.3, 0.4) is 0 Å². The first-order valence-electron chi connectivity index (χ1n) is 6.14. The molecule has 0 amide bonds. The van der Waals surface area contributed by atoms with Crippen LogP contribution >= 0.6 is 22.9 Å². The molecule has 1 aromatic rings. The van der Waals surface area contributed by atoms with Crippen LogP contribution in [-0.4, -0.2) is 31.7 Å². The molecule has 0 saturated carbocycles. The van der Waals surface area contributed by atoms with Crippen molar-refractivity contribution in [1.82, 2.24) is 0 Å². The van der Waals surface area contributed by atoms with E-state index in [4.69, 9.17) is 21.1 Å². The van der Waals surface area contributed by atoms with Crippen LogP contribution in [0.4, 0.5) is 0 Å². The molecule has 0 radical (unpaired) electrons. The maximum Gasteiger partial charge on any atom is 0.201 e. The van der Waals surface area contributed by atoms with Gasteiger partial charge in [-0.2, -0.15) is 0 Å². The number of ketones is 1. The highest BCUT2D eigenvalue weighted by molar-refractivity contribution is 7.18. The van der Waals surface area contributed by atoms with Crippen molar-refractivity contribution in [3.05, 3.63) is 21.3 Å². The lowest BCUT2D eigenvalue weighted by Crippen LogP contribution is -2.22. The molecule has 0 aliphatic carbocycles. The molecular formula is C13H19ClO3S. The number of rotatable bonds is 9. The highest BCUT2D eigenvalue weighted by atomic mass is 35.5. The van der Waals surface area contributed by atoms with Gasteiger partial charge in [-0.25, -0.2) is 0 Å². The van der Waals surface area contributed by atoms with Crippen molar-refractivity contribution < 1.29 is 14.3 Å². The highest BCUT2D eigenvalue weighted by Gasteiger charge is 2.17. The molecule has 1 heterocycles. The Labute approximate surface area is 117 Å². The van der Waals surface area contributed by atoms with E-state index >= 15 is 0 Å². The standard InChI is InChI=1S/C13H19ClO3S/c1-3-4-7-16-8-9-17-10(2)13(15)11-5-6-12(14)18-11/h5-6,10H,3-4,7-9H2,1-2H3. The minimum Gasteiger partial charge on any atom is -0.379 e. The molecule has 0 spiro atoms. The van der Waals surface area contributed by atoms with Gasteiger partial charge in [0.1, 0.15) is 6.10 Å². The number of Topliss-reactive ketones (excluding diaryl/α,β-unsaturated/α-hetero) is 1. The average molecular weight is 291 g/mol. The van der Waals surface area contributed by atoms with E-state index < -0.39 is 6.10 Å². The zero-order valence-corrected chi connectivity index (χ0v) is 12.4. The highest BCUT2D eigenvalue weighted by Crippen LogP contribution is 2.23. The van der Waals surface area contributed by atoms with E-state index in [0.29, 0.717) is 22.4 Å². The number of hydrogen-bond donors (Lipinski definition) is 0. The Morgan fingerprint density at radius 3 is 2.78 bits per heavy atom. The Hall–Kier alpha value is -0.420. The van der Waals surface area contributed by atoms with Crippen molar-refractivity contribution >= 4 is 28.7 Å². The van der Waals surface area contributed by atoms with Gasteiger partial charge in [0.25, 0.3) is 0 Å². The van der Waals surface area contributed by atoms with E-state index in [1.807, 2.05) is 0 Å². The third-order valence-electron chi connectivity index (χ3n) is 2.42. The SMILES string of the molecule is CCCCOCCOC(C)C(=O)c1ccc(Cl)s1. The van der Waals surface area contributed by atoms with Crippen molar-refractivity contribution in [2.45, 2.75) is 32.8 Å². The van der Waals surface area contributed by atoms with Crippen LogP contribution in [-0.2, 0) is 9.47 Å². The summed E-state index contributed by atoms with van der Waals surface area (Å²) in [7, 11) is 0. The third kappa shape index (κ3) is 5.48. The number of halogens is 1. The molecule has 0 fully saturated rings. The monoisotopic (exact) mass is 290 g/mol. The molecule has 0 bridgehead atoms. The van der Waals surface area contributed by atoms with E-state index in [2.05, 4.69) is 6.92 Å². The second-order valence-corrected chi connectivity index (χ2v) is 5.66. The van der Waals surface area contributed by atoms with Gasteiger partial charge >= 0.3 is 0 Å². The third-order valence-corrected chi connectivity index (χ3v) is 3.67. The molecule has 1 atom stereocenters. The Morgan fingerprint density at radius 2 is 2.17 bits per heavy atom. The number of ether oxygens (including phenoxy) is 2. The zero-order chi connectivity index (χ0) is 13.4. The van der Waals surface area contributed by atoms with Crippen LogP contribution in [0.1, 0.15) is 36.4 Å². The number of hydrogen-bond acceptors (Lipinski definition) is 4. The van der Waals surface area contributed by atoms with Crippen molar-refractivity contribution in [3.63, 3.8) is 0 Å². The largest absolute Gasteiger partial charge is 0.379 e. The topological polar surface area (TPSA) is 35.5 Å². The number of carbonyl (C=O) groups is 1. The molecule has 5 heteroatoms. The van der Waals surface area contributed by atoms with Gasteiger partial charge in [0, 0.05) is 6.61 Å². The fourth-order valence-electron chi connectivity index (χ4n) is 1.36. The number of unbranched alkanes of at least 4 members (excludes halogenated alkanes) is 1. The molecular weight excluding hydrogens is 272 g/mol. The Kier molecular flexibility index (Phi) is 7.51. The quantitative estimate of drug-likeness (QED) is 0.512. The Balaban J connectivity index is 2.20. The summed E-state index contributed by atoms with van der Waals surface area (Å²) in [5.74, 6) is -0.0274. The summed E-state index contributed by atoms with van der Waals surface area (Å²) in [5, 5.41) is 0. The van der Waals surface area contributed by atoms with E-state index in [0.717, 1.165) is 19.4 Å². The lowest BCUT2D eigenvalue weighted by atomic mass is 10.2. The van der Waals surface area contributed by atoms with Crippen molar-refractivity contribution in [3.8, 4) is 0 Å². The molecule has 3 nitrogen and oxygen atoms in total. The maximum atomic E-state index is 11.9. The summed E-state index contributed by atoms with van der Waals surface area (Å²) in [5.41, 5.74) is 0. The second-order valence-electron chi connectivity index (χ2n) is 3.95. The molecule has 1 aromatic heterocycles. The normalized spacial score (nSPS) is 12.6. The summed E-state index contributed by atoms with van der Waals surface area (Å²) >= 11 is 7.07. The minimum atomic E-state index is -0.450. The molecule has 0 aliphatic rings. The van der Waals surface area contributed by atoms with Crippen LogP contribution in [0.15, 0.2) is 12.1 Å².